The van der Waals surface area contributed by atoms with Crippen molar-refractivity contribution in [3.63, 3.8) is 0 Å². The Morgan fingerprint density at radius 1 is 0.667 bits per heavy atom. The van der Waals surface area contributed by atoms with Gasteiger partial charge in [0.15, 0.2) is 0 Å². The molecule has 2 aliphatic heterocycles. The van der Waals surface area contributed by atoms with Gasteiger partial charge in [-0.2, -0.15) is 0 Å². The lowest BCUT2D eigenvalue weighted by Gasteiger charge is -2.40. The maximum absolute atomic E-state index is 5.67. The molecule has 0 unspecified atom stereocenters. The second-order valence-corrected chi connectivity index (χ2v) is 6.41. The quantitative estimate of drug-likeness (QED) is 0.515. The third-order valence-electron chi connectivity index (χ3n) is 4.69. The zero-order chi connectivity index (χ0) is 15.0. The van der Waals surface area contributed by atoms with Crippen LogP contribution in [0, 0.1) is 10.8 Å². The molecule has 0 aromatic carbocycles. The first-order valence-corrected chi connectivity index (χ1v) is 8.13. The Morgan fingerprint density at radius 3 is 1.33 bits per heavy atom. The van der Waals surface area contributed by atoms with E-state index >= 15 is 0 Å². The first-order chi connectivity index (χ1) is 10.2. The highest BCUT2D eigenvalue weighted by Crippen LogP contribution is 2.31. The fourth-order valence-corrected chi connectivity index (χ4v) is 2.48. The SMILES string of the molecule is CCC1(COCCOCCOCC2(CC)COC2)COC1. The monoisotopic (exact) mass is 302 g/mol. The van der Waals surface area contributed by atoms with Crippen LogP contribution in [0.5, 0.6) is 0 Å². The Morgan fingerprint density at radius 2 is 1.05 bits per heavy atom. The summed E-state index contributed by atoms with van der Waals surface area (Å²) in [6.45, 7) is 11.8. The maximum Gasteiger partial charge on any atom is 0.0701 e. The summed E-state index contributed by atoms with van der Waals surface area (Å²) in [7, 11) is 0. The van der Waals surface area contributed by atoms with Gasteiger partial charge in [0.2, 0.25) is 0 Å². The highest BCUT2D eigenvalue weighted by molar-refractivity contribution is 4.84. The van der Waals surface area contributed by atoms with Gasteiger partial charge in [0.1, 0.15) is 0 Å². The molecule has 124 valence electrons. The van der Waals surface area contributed by atoms with Crippen LogP contribution >= 0.6 is 0 Å². The van der Waals surface area contributed by atoms with E-state index in [1.54, 1.807) is 0 Å². The van der Waals surface area contributed by atoms with Gasteiger partial charge in [-0.15, -0.1) is 0 Å². The van der Waals surface area contributed by atoms with Gasteiger partial charge in [-0.1, -0.05) is 13.8 Å². The van der Waals surface area contributed by atoms with Crippen molar-refractivity contribution in [3.05, 3.63) is 0 Å². The van der Waals surface area contributed by atoms with E-state index in [1.165, 1.54) is 0 Å². The Balaban J connectivity index is 1.37. The molecule has 2 fully saturated rings. The van der Waals surface area contributed by atoms with Crippen LogP contribution in [0.25, 0.3) is 0 Å². The molecule has 0 radical (unpaired) electrons. The van der Waals surface area contributed by atoms with Crippen LogP contribution in [0.3, 0.4) is 0 Å². The van der Waals surface area contributed by atoms with Crippen molar-refractivity contribution < 1.29 is 23.7 Å². The summed E-state index contributed by atoms with van der Waals surface area (Å²) in [5, 5.41) is 0. The van der Waals surface area contributed by atoms with Gasteiger partial charge >= 0.3 is 0 Å². The van der Waals surface area contributed by atoms with E-state index in [1.807, 2.05) is 0 Å². The van der Waals surface area contributed by atoms with Crippen LogP contribution in [0.15, 0.2) is 0 Å². The minimum atomic E-state index is 0.266. The smallest absolute Gasteiger partial charge is 0.0701 e. The second-order valence-electron chi connectivity index (χ2n) is 6.41. The van der Waals surface area contributed by atoms with Gasteiger partial charge in [0, 0.05) is 10.8 Å². The molecule has 2 heterocycles. The van der Waals surface area contributed by atoms with Gasteiger partial charge in [-0.3, -0.25) is 0 Å². The van der Waals surface area contributed by atoms with Crippen molar-refractivity contribution in [2.45, 2.75) is 26.7 Å². The fraction of sp³-hybridized carbons (Fsp3) is 1.00. The molecule has 0 bridgehead atoms. The van der Waals surface area contributed by atoms with E-state index < -0.39 is 0 Å². The van der Waals surface area contributed by atoms with Crippen LogP contribution in [-0.4, -0.2) is 66.1 Å². The molecule has 2 aliphatic rings. The molecule has 2 rings (SSSR count). The molecule has 5 nitrogen and oxygen atoms in total. The van der Waals surface area contributed by atoms with E-state index in [0.29, 0.717) is 26.4 Å². The Kier molecular flexibility index (Phi) is 6.89. The predicted molar refractivity (Wildman–Crippen MR) is 79.5 cm³/mol. The van der Waals surface area contributed by atoms with Gasteiger partial charge in [0.25, 0.3) is 0 Å². The zero-order valence-corrected chi connectivity index (χ0v) is 13.5. The van der Waals surface area contributed by atoms with Crippen molar-refractivity contribution in [1.82, 2.24) is 0 Å². The van der Waals surface area contributed by atoms with E-state index in [4.69, 9.17) is 23.7 Å². The summed E-state index contributed by atoms with van der Waals surface area (Å²) in [6.07, 6.45) is 2.23. The summed E-state index contributed by atoms with van der Waals surface area (Å²) in [5.41, 5.74) is 0.533. The molecule has 0 spiro atoms. The molecule has 0 saturated carbocycles. The first-order valence-electron chi connectivity index (χ1n) is 8.13. The largest absolute Gasteiger partial charge is 0.380 e. The van der Waals surface area contributed by atoms with E-state index in [-0.39, 0.29) is 10.8 Å². The normalized spacial score (nSPS) is 22.6. The highest BCUT2D eigenvalue weighted by Gasteiger charge is 2.37. The fourth-order valence-electron chi connectivity index (χ4n) is 2.48. The van der Waals surface area contributed by atoms with Crippen molar-refractivity contribution in [2.75, 3.05) is 66.1 Å². The molecule has 0 amide bonds. The predicted octanol–water partition coefficient (Wildman–Crippen LogP) is 1.89. The molecular weight excluding hydrogens is 272 g/mol. The molecule has 21 heavy (non-hydrogen) atoms. The van der Waals surface area contributed by atoms with Crippen LogP contribution in [0.2, 0.25) is 0 Å². The van der Waals surface area contributed by atoms with E-state index in [2.05, 4.69) is 13.8 Å². The van der Waals surface area contributed by atoms with Crippen LogP contribution in [-0.2, 0) is 23.7 Å². The minimum absolute atomic E-state index is 0.266. The van der Waals surface area contributed by atoms with E-state index in [9.17, 15) is 0 Å². The summed E-state index contributed by atoms with van der Waals surface area (Å²) >= 11 is 0. The second kappa shape index (κ2) is 8.44. The molecule has 5 heteroatoms. The zero-order valence-electron chi connectivity index (χ0n) is 13.5. The van der Waals surface area contributed by atoms with E-state index in [0.717, 1.165) is 52.5 Å². The summed E-state index contributed by atoms with van der Waals surface area (Å²) < 4.78 is 27.4. The van der Waals surface area contributed by atoms with Crippen LogP contribution < -0.4 is 0 Å². The lowest BCUT2D eigenvalue weighted by molar-refractivity contribution is -0.157. The van der Waals surface area contributed by atoms with Gasteiger partial charge in [-0.25, -0.2) is 0 Å². The van der Waals surface area contributed by atoms with Crippen LogP contribution in [0.4, 0.5) is 0 Å². The molecule has 0 aliphatic carbocycles. The average molecular weight is 302 g/mol. The number of hydrogen-bond donors (Lipinski definition) is 0. The number of rotatable bonds is 12. The number of ether oxygens (including phenoxy) is 5. The van der Waals surface area contributed by atoms with Crippen molar-refractivity contribution in [1.29, 1.82) is 0 Å². The lowest BCUT2D eigenvalue weighted by atomic mass is 9.84. The molecule has 0 atom stereocenters. The van der Waals surface area contributed by atoms with Crippen molar-refractivity contribution >= 4 is 0 Å². The first kappa shape index (κ1) is 17.2. The molecular formula is C16H30O5. The molecule has 0 aromatic rings. The highest BCUT2D eigenvalue weighted by atomic mass is 16.6. The topological polar surface area (TPSA) is 46.2 Å². The Labute approximate surface area is 128 Å². The Bertz CT molecular complexity index is 247. The lowest BCUT2D eigenvalue weighted by Crippen LogP contribution is -2.46. The van der Waals surface area contributed by atoms with Gasteiger partial charge in [-0.05, 0) is 12.8 Å². The maximum atomic E-state index is 5.67. The van der Waals surface area contributed by atoms with Crippen LogP contribution in [0.1, 0.15) is 26.7 Å². The molecule has 2 saturated heterocycles. The van der Waals surface area contributed by atoms with Gasteiger partial charge in [0.05, 0.1) is 66.1 Å². The van der Waals surface area contributed by atoms with Gasteiger partial charge < -0.3 is 23.7 Å². The third-order valence-corrected chi connectivity index (χ3v) is 4.69. The number of hydrogen-bond acceptors (Lipinski definition) is 5. The minimum Gasteiger partial charge on any atom is -0.380 e. The summed E-state index contributed by atoms with van der Waals surface area (Å²) in [5.74, 6) is 0. The Hall–Kier alpha value is -0.200. The summed E-state index contributed by atoms with van der Waals surface area (Å²) in [4.78, 5) is 0. The third kappa shape index (κ3) is 4.89. The standard InChI is InChI=1S/C16H30O5/c1-3-15(11-20-12-15)9-18-7-5-17-6-8-19-10-16(4-2)13-21-14-16/h3-14H2,1-2H3. The average Bonchev–Trinajstić information content (AvgIpc) is 2.42. The summed E-state index contributed by atoms with van der Waals surface area (Å²) in [6, 6.07) is 0. The molecule has 0 N–H and O–H groups in total. The molecule has 0 aromatic heterocycles. The van der Waals surface area contributed by atoms with Crippen molar-refractivity contribution in [2.24, 2.45) is 10.8 Å². The van der Waals surface area contributed by atoms with Crippen molar-refractivity contribution in [3.8, 4) is 0 Å².